The highest BCUT2D eigenvalue weighted by Gasteiger charge is 2.28. The van der Waals surface area contributed by atoms with Gasteiger partial charge in [0, 0.05) is 19.4 Å². The Morgan fingerprint density at radius 1 is 1.11 bits per heavy atom. The lowest BCUT2D eigenvalue weighted by atomic mass is 10.2. The molecule has 1 aromatic heterocycles. The third-order valence-corrected chi connectivity index (χ3v) is 3.84. The number of alkyl halides is 3. The maximum atomic E-state index is 12.1. The standard InChI is InChI=1S/C19H18F3N3O2/c20-19(21,22)12-27-14-7-5-13(6-8-14)11-23-18(26)10-9-17-24-15-3-1-2-4-16(15)25-17/h1-8H,9-12H2,(H,23,26)(H,24,25). The Hall–Kier alpha value is -3.03. The fourth-order valence-electron chi connectivity index (χ4n) is 2.51. The summed E-state index contributed by atoms with van der Waals surface area (Å²) in [5, 5.41) is 2.78. The number of H-pyrrole nitrogens is 1. The van der Waals surface area contributed by atoms with Crippen molar-refractivity contribution in [2.45, 2.75) is 25.6 Å². The topological polar surface area (TPSA) is 67.0 Å². The summed E-state index contributed by atoms with van der Waals surface area (Å²) in [5.74, 6) is 0.748. The number of halogens is 3. The molecule has 2 N–H and O–H groups in total. The minimum absolute atomic E-state index is 0.132. The summed E-state index contributed by atoms with van der Waals surface area (Å²) < 4.78 is 41.0. The highest BCUT2D eigenvalue weighted by molar-refractivity contribution is 5.77. The lowest BCUT2D eigenvalue weighted by Gasteiger charge is -2.10. The van der Waals surface area contributed by atoms with Gasteiger partial charge in [0.1, 0.15) is 11.6 Å². The Balaban J connectivity index is 1.43. The molecule has 1 amide bonds. The average molecular weight is 377 g/mol. The van der Waals surface area contributed by atoms with Crippen molar-refractivity contribution in [2.75, 3.05) is 6.61 Å². The van der Waals surface area contributed by atoms with E-state index in [1.807, 2.05) is 24.3 Å². The van der Waals surface area contributed by atoms with Gasteiger partial charge < -0.3 is 15.0 Å². The number of ether oxygens (including phenoxy) is 1. The van der Waals surface area contributed by atoms with Crippen molar-refractivity contribution in [2.24, 2.45) is 0 Å². The number of aromatic amines is 1. The summed E-state index contributed by atoms with van der Waals surface area (Å²) in [6.45, 7) is -1.04. The Kier molecular flexibility index (Phi) is 5.63. The van der Waals surface area contributed by atoms with Gasteiger partial charge in [-0.1, -0.05) is 24.3 Å². The second kappa shape index (κ2) is 8.11. The van der Waals surface area contributed by atoms with Crippen LogP contribution in [0.3, 0.4) is 0 Å². The molecule has 3 rings (SSSR count). The average Bonchev–Trinajstić information content (AvgIpc) is 3.06. The quantitative estimate of drug-likeness (QED) is 0.659. The van der Waals surface area contributed by atoms with E-state index in [2.05, 4.69) is 20.0 Å². The van der Waals surface area contributed by atoms with Crippen molar-refractivity contribution in [1.29, 1.82) is 0 Å². The second-order valence-electron chi connectivity index (χ2n) is 6.03. The van der Waals surface area contributed by atoms with Crippen molar-refractivity contribution in [3.63, 3.8) is 0 Å². The van der Waals surface area contributed by atoms with Gasteiger partial charge in [0.25, 0.3) is 0 Å². The molecule has 0 aliphatic heterocycles. The predicted molar refractivity (Wildman–Crippen MR) is 94.3 cm³/mol. The molecule has 0 saturated carbocycles. The summed E-state index contributed by atoms with van der Waals surface area (Å²) in [6, 6.07) is 13.8. The molecule has 0 saturated heterocycles. The molecule has 0 aliphatic rings. The number of carbonyl (C=O) groups is 1. The predicted octanol–water partition coefficient (Wildman–Crippen LogP) is 3.75. The number of imidazole rings is 1. The minimum Gasteiger partial charge on any atom is -0.484 e. The van der Waals surface area contributed by atoms with Crippen LogP contribution in [0.4, 0.5) is 13.2 Å². The number of fused-ring (bicyclic) bond motifs is 1. The largest absolute Gasteiger partial charge is 0.484 e. The zero-order valence-corrected chi connectivity index (χ0v) is 14.3. The number of nitrogens with one attached hydrogen (secondary N) is 2. The number of carbonyl (C=O) groups excluding carboxylic acids is 1. The van der Waals surface area contributed by atoms with E-state index >= 15 is 0 Å². The molecule has 2 aromatic carbocycles. The van der Waals surface area contributed by atoms with Crippen LogP contribution in [0.2, 0.25) is 0 Å². The van der Waals surface area contributed by atoms with E-state index in [0.717, 1.165) is 22.4 Å². The first kappa shape index (κ1) is 18.8. The number of benzene rings is 2. The van der Waals surface area contributed by atoms with Gasteiger partial charge in [-0.3, -0.25) is 4.79 Å². The van der Waals surface area contributed by atoms with Crippen molar-refractivity contribution < 1.29 is 22.7 Å². The summed E-state index contributed by atoms with van der Waals surface area (Å²) in [4.78, 5) is 19.6. The maximum absolute atomic E-state index is 12.1. The van der Waals surface area contributed by atoms with E-state index in [-0.39, 0.29) is 18.1 Å². The number of rotatable bonds is 7. The highest BCUT2D eigenvalue weighted by Crippen LogP contribution is 2.19. The molecule has 27 heavy (non-hydrogen) atoms. The molecular formula is C19H18F3N3O2. The molecule has 0 aliphatic carbocycles. The second-order valence-corrected chi connectivity index (χ2v) is 6.03. The van der Waals surface area contributed by atoms with Gasteiger partial charge in [0.15, 0.2) is 6.61 Å². The Morgan fingerprint density at radius 3 is 2.56 bits per heavy atom. The number of amides is 1. The van der Waals surface area contributed by atoms with Crippen LogP contribution in [0, 0.1) is 0 Å². The lowest BCUT2D eigenvalue weighted by molar-refractivity contribution is -0.153. The van der Waals surface area contributed by atoms with Crippen molar-refractivity contribution in [1.82, 2.24) is 15.3 Å². The minimum atomic E-state index is -4.37. The molecule has 0 atom stereocenters. The molecule has 0 spiro atoms. The van der Waals surface area contributed by atoms with Gasteiger partial charge in [-0.2, -0.15) is 13.2 Å². The number of hydrogen-bond donors (Lipinski definition) is 2. The zero-order valence-electron chi connectivity index (χ0n) is 14.3. The van der Waals surface area contributed by atoms with E-state index < -0.39 is 12.8 Å². The fourth-order valence-corrected chi connectivity index (χ4v) is 2.51. The van der Waals surface area contributed by atoms with Gasteiger partial charge in [0.05, 0.1) is 11.0 Å². The lowest BCUT2D eigenvalue weighted by Crippen LogP contribution is -2.23. The summed E-state index contributed by atoms with van der Waals surface area (Å²) in [6.07, 6.45) is -3.59. The molecule has 0 fully saturated rings. The van der Waals surface area contributed by atoms with E-state index in [0.29, 0.717) is 13.0 Å². The number of nitrogens with zero attached hydrogens (tertiary/aromatic N) is 1. The van der Waals surface area contributed by atoms with E-state index in [1.165, 1.54) is 12.1 Å². The molecule has 3 aromatic rings. The first-order valence-electron chi connectivity index (χ1n) is 8.38. The zero-order chi connectivity index (χ0) is 19.3. The molecular weight excluding hydrogens is 359 g/mol. The normalized spacial score (nSPS) is 11.5. The smallest absolute Gasteiger partial charge is 0.422 e. The molecule has 5 nitrogen and oxygen atoms in total. The van der Waals surface area contributed by atoms with Crippen molar-refractivity contribution in [3.05, 3.63) is 59.9 Å². The molecule has 1 heterocycles. The molecule has 0 bridgehead atoms. The highest BCUT2D eigenvalue weighted by atomic mass is 19.4. The van der Waals surface area contributed by atoms with Gasteiger partial charge in [-0.15, -0.1) is 0 Å². The van der Waals surface area contributed by atoms with Gasteiger partial charge in [0.2, 0.25) is 5.91 Å². The van der Waals surface area contributed by atoms with Gasteiger partial charge in [-0.25, -0.2) is 4.98 Å². The van der Waals surface area contributed by atoms with Gasteiger partial charge in [-0.05, 0) is 29.8 Å². The van der Waals surface area contributed by atoms with Crippen molar-refractivity contribution >= 4 is 16.9 Å². The number of aromatic nitrogens is 2. The third kappa shape index (κ3) is 5.73. The number of aryl methyl sites for hydroxylation is 1. The van der Waals surface area contributed by atoms with Gasteiger partial charge >= 0.3 is 6.18 Å². The fraction of sp³-hybridized carbons (Fsp3) is 0.263. The number of hydrogen-bond acceptors (Lipinski definition) is 3. The first-order chi connectivity index (χ1) is 12.9. The Morgan fingerprint density at radius 2 is 1.85 bits per heavy atom. The van der Waals surface area contributed by atoms with Crippen LogP contribution >= 0.6 is 0 Å². The third-order valence-electron chi connectivity index (χ3n) is 3.84. The van der Waals surface area contributed by atoms with Crippen LogP contribution in [0.5, 0.6) is 5.75 Å². The van der Waals surface area contributed by atoms with E-state index in [1.54, 1.807) is 12.1 Å². The first-order valence-corrected chi connectivity index (χ1v) is 8.38. The summed E-state index contributed by atoms with van der Waals surface area (Å²) >= 11 is 0. The van der Waals surface area contributed by atoms with Crippen LogP contribution in [0.1, 0.15) is 17.8 Å². The summed E-state index contributed by atoms with van der Waals surface area (Å²) in [5.41, 5.74) is 2.56. The van der Waals surface area contributed by atoms with E-state index in [9.17, 15) is 18.0 Å². The monoisotopic (exact) mass is 377 g/mol. The maximum Gasteiger partial charge on any atom is 0.422 e. The van der Waals surface area contributed by atoms with Crippen LogP contribution < -0.4 is 10.1 Å². The molecule has 142 valence electrons. The molecule has 8 heteroatoms. The number of para-hydroxylation sites is 2. The summed E-state index contributed by atoms with van der Waals surface area (Å²) in [7, 11) is 0. The Bertz CT molecular complexity index is 871. The van der Waals surface area contributed by atoms with E-state index in [4.69, 9.17) is 0 Å². The van der Waals surface area contributed by atoms with Crippen LogP contribution in [-0.2, 0) is 17.8 Å². The SMILES string of the molecule is O=C(CCc1nc2ccccc2[nH]1)NCc1ccc(OCC(F)(F)F)cc1. The molecule has 0 radical (unpaired) electrons. The Labute approximate surface area is 153 Å². The van der Waals surface area contributed by atoms with Crippen molar-refractivity contribution in [3.8, 4) is 5.75 Å². The van der Waals surface area contributed by atoms with Crippen LogP contribution in [0.25, 0.3) is 11.0 Å². The van der Waals surface area contributed by atoms with Crippen LogP contribution in [0.15, 0.2) is 48.5 Å². The molecule has 0 unspecified atom stereocenters. The van der Waals surface area contributed by atoms with Crippen LogP contribution in [-0.4, -0.2) is 28.7 Å².